The molecule has 214 valence electrons. The summed E-state index contributed by atoms with van der Waals surface area (Å²) in [4.78, 5) is 43.3. The van der Waals surface area contributed by atoms with Gasteiger partial charge in [-0.05, 0) is 81.0 Å². The molecule has 7 nitrogen and oxygen atoms in total. The molecule has 1 saturated heterocycles. The lowest BCUT2D eigenvalue weighted by molar-refractivity contribution is -0.125. The minimum atomic E-state index is -0.756. The van der Waals surface area contributed by atoms with Gasteiger partial charge in [-0.15, -0.1) is 0 Å². The largest absolute Gasteiger partial charge is 0.473 e. The predicted molar refractivity (Wildman–Crippen MR) is 160 cm³/mol. The zero-order valence-corrected chi connectivity index (χ0v) is 24.5. The van der Waals surface area contributed by atoms with Crippen molar-refractivity contribution >= 4 is 23.6 Å². The van der Waals surface area contributed by atoms with Crippen molar-refractivity contribution in [3.8, 4) is 11.1 Å². The second kappa shape index (κ2) is 10.3. The summed E-state index contributed by atoms with van der Waals surface area (Å²) in [5.41, 5.74) is 5.85. The zero-order chi connectivity index (χ0) is 29.8. The van der Waals surface area contributed by atoms with E-state index in [0.29, 0.717) is 23.3 Å². The third-order valence-electron chi connectivity index (χ3n) is 8.24. The van der Waals surface area contributed by atoms with E-state index in [-0.39, 0.29) is 11.8 Å². The average Bonchev–Trinajstić information content (AvgIpc) is 3.54. The average molecular weight is 563 g/mol. The van der Waals surface area contributed by atoms with E-state index in [0.717, 1.165) is 27.8 Å². The second-order valence-corrected chi connectivity index (χ2v) is 12.1. The number of hydrogen-bond acceptors (Lipinski definition) is 5. The highest BCUT2D eigenvalue weighted by molar-refractivity contribution is 6.09. The lowest BCUT2D eigenvalue weighted by atomic mass is 9.97. The van der Waals surface area contributed by atoms with Gasteiger partial charge in [0.05, 0.1) is 17.9 Å². The van der Waals surface area contributed by atoms with Gasteiger partial charge >= 0.3 is 6.09 Å². The molecule has 1 fully saturated rings. The molecule has 0 saturated carbocycles. The zero-order valence-electron chi connectivity index (χ0n) is 24.5. The number of benzene rings is 3. The summed E-state index contributed by atoms with van der Waals surface area (Å²) < 4.78 is 12.0. The molecule has 3 aromatic rings. The van der Waals surface area contributed by atoms with Gasteiger partial charge in [0, 0.05) is 17.2 Å². The maximum absolute atomic E-state index is 13.8. The molecule has 3 aromatic carbocycles. The fourth-order valence-corrected chi connectivity index (χ4v) is 6.08. The molecule has 3 amide bonds. The van der Waals surface area contributed by atoms with Crippen LogP contribution in [0.1, 0.15) is 51.8 Å². The third kappa shape index (κ3) is 4.69. The van der Waals surface area contributed by atoms with Crippen molar-refractivity contribution < 1.29 is 23.9 Å². The predicted octanol–water partition coefficient (Wildman–Crippen LogP) is 6.95. The quantitative estimate of drug-likeness (QED) is 0.254. The molecule has 2 heterocycles. The van der Waals surface area contributed by atoms with Crippen LogP contribution in [0, 0.1) is 5.92 Å². The number of ether oxygens (including phenoxy) is 2. The van der Waals surface area contributed by atoms with Crippen LogP contribution < -0.4 is 4.90 Å². The van der Waals surface area contributed by atoms with E-state index in [1.165, 1.54) is 11.2 Å². The maximum Gasteiger partial charge on any atom is 0.417 e. The molecule has 3 aliphatic rings. The minimum absolute atomic E-state index is 0.150. The summed E-state index contributed by atoms with van der Waals surface area (Å²) in [5, 5.41) is 0. The Morgan fingerprint density at radius 1 is 0.857 bits per heavy atom. The third-order valence-corrected chi connectivity index (χ3v) is 8.24. The number of rotatable bonds is 4. The van der Waals surface area contributed by atoms with Crippen molar-refractivity contribution in [1.82, 2.24) is 4.90 Å². The Balaban J connectivity index is 1.32. The summed E-state index contributed by atoms with van der Waals surface area (Å²) >= 11 is 0. The maximum atomic E-state index is 13.8. The normalized spacial score (nSPS) is 22.6. The number of nitrogens with zero attached hydrogens (tertiary/aromatic N) is 2. The summed E-state index contributed by atoms with van der Waals surface area (Å²) in [5.74, 6) is -0.860. The van der Waals surface area contributed by atoms with Gasteiger partial charge in [0.2, 0.25) is 6.23 Å². The number of imide groups is 1. The van der Waals surface area contributed by atoms with Gasteiger partial charge in [-0.25, -0.2) is 9.69 Å². The minimum Gasteiger partial charge on any atom is -0.473 e. The Kier molecular flexibility index (Phi) is 6.76. The van der Waals surface area contributed by atoms with Crippen molar-refractivity contribution in [1.29, 1.82) is 0 Å². The van der Waals surface area contributed by atoms with E-state index in [9.17, 15) is 14.4 Å². The van der Waals surface area contributed by atoms with E-state index in [1.807, 2.05) is 85.8 Å². The number of carbonyl (C=O) groups excluding carboxylic acids is 3. The molecule has 7 heteroatoms. The fraction of sp³-hybridized carbons (Fsp3) is 0.286. The van der Waals surface area contributed by atoms with Crippen molar-refractivity contribution in [2.24, 2.45) is 5.92 Å². The van der Waals surface area contributed by atoms with Crippen LogP contribution in [0.3, 0.4) is 0 Å². The summed E-state index contributed by atoms with van der Waals surface area (Å²) in [6, 6.07) is 25.2. The first-order chi connectivity index (χ1) is 20.0. The highest BCUT2D eigenvalue weighted by Crippen LogP contribution is 2.50. The summed E-state index contributed by atoms with van der Waals surface area (Å²) in [7, 11) is 0. The summed E-state index contributed by atoms with van der Waals surface area (Å²) in [6.45, 7) is 8.99. The van der Waals surface area contributed by atoms with Crippen LogP contribution >= 0.6 is 0 Å². The number of fused-ring (bicyclic) bond motifs is 3. The van der Waals surface area contributed by atoms with Crippen LogP contribution in [-0.2, 0) is 25.5 Å². The van der Waals surface area contributed by atoms with Gasteiger partial charge in [0.15, 0.2) is 0 Å². The molecule has 1 aliphatic carbocycles. The Morgan fingerprint density at radius 3 is 2.19 bits per heavy atom. The lowest BCUT2D eigenvalue weighted by Gasteiger charge is -2.27. The Labute approximate surface area is 246 Å². The summed E-state index contributed by atoms with van der Waals surface area (Å²) in [6.07, 6.45) is 0.661. The fourth-order valence-electron chi connectivity index (χ4n) is 6.08. The van der Waals surface area contributed by atoms with Crippen LogP contribution in [0.25, 0.3) is 11.1 Å². The first-order valence-corrected chi connectivity index (χ1v) is 14.2. The monoisotopic (exact) mass is 562 g/mol. The molecular formula is C35H34N2O5. The molecule has 42 heavy (non-hydrogen) atoms. The van der Waals surface area contributed by atoms with E-state index in [4.69, 9.17) is 9.47 Å². The van der Waals surface area contributed by atoms with Crippen LogP contribution in [0.15, 0.2) is 102 Å². The van der Waals surface area contributed by atoms with Crippen molar-refractivity contribution in [2.45, 2.75) is 58.9 Å². The van der Waals surface area contributed by atoms with E-state index < -0.39 is 29.9 Å². The van der Waals surface area contributed by atoms with Crippen LogP contribution in [0.5, 0.6) is 0 Å². The van der Waals surface area contributed by atoms with E-state index in [2.05, 4.69) is 0 Å². The van der Waals surface area contributed by atoms with Crippen LogP contribution in [0.4, 0.5) is 10.5 Å². The van der Waals surface area contributed by atoms with Crippen molar-refractivity contribution in [3.63, 3.8) is 0 Å². The molecule has 0 N–H and O–H groups in total. The molecule has 2 aliphatic heterocycles. The first-order valence-electron chi connectivity index (χ1n) is 14.2. The highest BCUT2D eigenvalue weighted by Gasteiger charge is 2.53. The van der Waals surface area contributed by atoms with E-state index >= 15 is 0 Å². The first kappa shape index (κ1) is 27.5. The van der Waals surface area contributed by atoms with Gasteiger partial charge in [-0.3, -0.25) is 14.5 Å². The smallest absolute Gasteiger partial charge is 0.417 e. The molecule has 0 bridgehead atoms. The van der Waals surface area contributed by atoms with Gasteiger partial charge in [-0.2, -0.15) is 0 Å². The SMILES string of the molecule is CC1=C(C)C(O/C=C2/C(=O)N(C(=O)OC(C)(C)C)C3c4ccccc4CC23)N(c2ccc(-c3ccccc3)cc2)C1=O. The standard InChI is InChI=1S/C35H34N2O5/c1-21-22(2)33(36(31(21)38)26-17-15-24(16-18-26)23-11-7-6-8-12-23)41-20-29-28-19-25-13-9-10-14-27(25)30(28)37(32(29)39)34(40)42-35(3,4)5/h6-18,20,28,30,33H,19H2,1-5H3/b29-20+. The van der Waals surface area contributed by atoms with Crippen LogP contribution in [-0.4, -0.2) is 34.6 Å². The molecule has 3 unspecified atom stereocenters. The van der Waals surface area contributed by atoms with Crippen molar-refractivity contribution in [2.75, 3.05) is 4.90 Å². The highest BCUT2D eigenvalue weighted by atomic mass is 16.6. The molecule has 0 radical (unpaired) electrons. The van der Waals surface area contributed by atoms with Crippen LogP contribution in [0.2, 0.25) is 0 Å². The second-order valence-electron chi connectivity index (χ2n) is 12.1. The Hall–Kier alpha value is -4.65. The van der Waals surface area contributed by atoms with Gasteiger partial charge in [-0.1, -0.05) is 66.7 Å². The topological polar surface area (TPSA) is 76.2 Å². The number of amides is 3. The number of likely N-dealkylation sites (tertiary alicyclic amines) is 1. The number of carbonyl (C=O) groups is 3. The van der Waals surface area contributed by atoms with Gasteiger partial charge < -0.3 is 9.47 Å². The van der Waals surface area contributed by atoms with Crippen molar-refractivity contribution in [3.05, 3.63) is 113 Å². The molecule has 0 spiro atoms. The molecule has 0 aromatic heterocycles. The van der Waals surface area contributed by atoms with E-state index in [1.54, 1.807) is 32.6 Å². The number of hydrogen-bond donors (Lipinski definition) is 0. The van der Waals surface area contributed by atoms with Gasteiger partial charge in [0.25, 0.3) is 11.8 Å². The Morgan fingerprint density at radius 2 is 1.50 bits per heavy atom. The Bertz CT molecular complexity index is 1630. The number of anilines is 1. The lowest BCUT2D eigenvalue weighted by Crippen LogP contribution is -2.39. The molecule has 3 atom stereocenters. The molecule has 6 rings (SSSR count). The molecular weight excluding hydrogens is 528 g/mol. The van der Waals surface area contributed by atoms with Gasteiger partial charge in [0.1, 0.15) is 5.60 Å².